The molecule has 0 bridgehead atoms. The van der Waals surface area contributed by atoms with Crippen molar-refractivity contribution in [2.75, 3.05) is 26.2 Å². The topological polar surface area (TPSA) is 340 Å². The number of amides is 5. The van der Waals surface area contributed by atoms with Crippen molar-refractivity contribution < 1.29 is 39.0 Å². The van der Waals surface area contributed by atoms with Gasteiger partial charge in [-0.15, -0.1) is 0 Å². The number of phenols is 1. The molecule has 0 unspecified atom stereocenters. The third-order valence-electron chi connectivity index (χ3n) is 11.5. The van der Waals surface area contributed by atoms with Crippen LogP contribution in [0.4, 0.5) is 0 Å². The monoisotopic (exact) mass is 883 g/mol. The molecule has 15 N–H and O–H groups in total. The zero-order valence-corrected chi connectivity index (χ0v) is 37.1. The van der Waals surface area contributed by atoms with Gasteiger partial charge in [0.25, 0.3) is 0 Å². The Balaban J connectivity index is 2.03. The van der Waals surface area contributed by atoms with Crippen molar-refractivity contribution in [3.05, 3.63) is 42.0 Å². The fourth-order valence-electron chi connectivity index (χ4n) is 7.87. The number of carbonyl (C=O) groups is 6. The number of guanidine groups is 2. The van der Waals surface area contributed by atoms with Gasteiger partial charge < -0.3 is 64.6 Å². The molecule has 1 aromatic carbocycles. The summed E-state index contributed by atoms with van der Waals surface area (Å²) in [5.74, 6) is -5.10. The van der Waals surface area contributed by atoms with E-state index in [4.69, 9.17) is 28.7 Å². The highest BCUT2D eigenvalue weighted by atomic mass is 16.4. The average molecular weight is 883 g/mol. The molecule has 0 saturated carbocycles. The first-order valence-corrected chi connectivity index (χ1v) is 21.9. The molecule has 0 aliphatic carbocycles. The van der Waals surface area contributed by atoms with Gasteiger partial charge in [0.2, 0.25) is 29.5 Å². The van der Waals surface area contributed by atoms with E-state index in [2.05, 4.69) is 25.9 Å². The third-order valence-corrected chi connectivity index (χ3v) is 11.5. The molecule has 0 radical (unpaired) electrons. The maximum Gasteiger partial charge on any atom is 0.326 e. The van der Waals surface area contributed by atoms with Crippen LogP contribution in [0.2, 0.25) is 0 Å². The molecular formula is C43H70N12O8. The Morgan fingerprint density at radius 1 is 0.841 bits per heavy atom. The number of allylic oxidation sites excluding steroid dienone is 1. The third kappa shape index (κ3) is 16.1. The molecule has 3 rings (SSSR count). The number of hydrogen-bond donors (Lipinski definition) is 10. The van der Waals surface area contributed by atoms with Crippen LogP contribution < -0.4 is 44.6 Å². The Bertz CT molecular complexity index is 1800. The van der Waals surface area contributed by atoms with E-state index in [1.165, 1.54) is 21.9 Å². The highest BCUT2D eigenvalue weighted by Gasteiger charge is 2.47. The number of hydrogen-bond acceptors (Lipinski definition) is 10. The zero-order chi connectivity index (χ0) is 46.8. The second-order valence-corrected chi connectivity index (χ2v) is 16.9. The summed E-state index contributed by atoms with van der Waals surface area (Å²) in [5.41, 5.74) is 28.7. The van der Waals surface area contributed by atoms with Crippen molar-refractivity contribution in [3.8, 4) is 5.75 Å². The van der Waals surface area contributed by atoms with Crippen LogP contribution in [-0.2, 0) is 35.2 Å². The Kier molecular flexibility index (Phi) is 20.6. The van der Waals surface area contributed by atoms with Gasteiger partial charge in [-0.3, -0.25) is 34.0 Å². The van der Waals surface area contributed by atoms with Crippen molar-refractivity contribution in [1.82, 2.24) is 25.8 Å². The predicted octanol–water partition coefficient (Wildman–Crippen LogP) is -0.235. The maximum absolute atomic E-state index is 15.2. The summed E-state index contributed by atoms with van der Waals surface area (Å²) in [6, 6.07) is -0.457. The molecule has 0 spiro atoms. The molecule has 2 aliphatic heterocycles. The number of benzene rings is 1. The van der Waals surface area contributed by atoms with Crippen LogP contribution in [0.1, 0.15) is 91.0 Å². The number of carboxylic acids is 1. The number of fused-ring (bicyclic) bond motifs is 1. The maximum atomic E-state index is 15.2. The summed E-state index contributed by atoms with van der Waals surface area (Å²) in [4.78, 5) is 94.9. The molecule has 1 fully saturated rings. The minimum atomic E-state index is -1.20. The van der Waals surface area contributed by atoms with Crippen molar-refractivity contribution in [2.45, 2.75) is 128 Å². The Labute approximate surface area is 369 Å². The molecule has 1 aromatic rings. The first-order valence-electron chi connectivity index (χ1n) is 21.9. The summed E-state index contributed by atoms with van der Waals surface area (Å²) >= 11 is 0. The number of nitrogens with one attached hydrogen (secondary N) is 3. The number of aromatic hydroxyl groups is 1. The van der Waals surface area contributed by atoms with Crippen molar-refractivity contribution >= 4 is 47.4 Å². The van der Waals surface area contributed by atoms with E-state index in [0.717, 1.165) is 0 Å². The molecule has 0 aromatic heterocycles. The molecular weight excluding hydrogens is 813 g/mol. The quantitative estimate of drug-likeness (QED) is 0.0294. The average Bonchev–Trinajstić information content (AvgIpc) is 3.67. The van der Waals surface area contributed by atoms with Gasteiger partial charge >= 0.3 is 5.97 Å². The Morgan fingerprint density at radius 3 is 2.05 bits per heavy atom. The van der Waals surface area contributed by atoms with Crippen LogP contribution in [0.15, 0.2) is 46.4 Å². The van der Waals surface area contributed by atoms with Gasteiger partial charge in [-0.1, -0.05) is 58.4 Å². The number of carboxylic acid groups (broad SMARTS) is 1. The molecule has 350 valence electrons. The number of aliphatic carboxylic acids is 1. The Hall–Kier alpha value is -5.92. The van der Waals surface area contributed by atoms with Gasteiger partial charge in [0.05, 0.1) is 6.04 Å². The van der Waals surface area contributed by atoms with Gasteiger partial charge in [0.1, 0.15) is 36.0 Å². The van der Waals surface area contributed by atoms with Gasteiger partial charge in [0, 0.05) is 32.6 Å². The van der Waals surface area contributed by atoms with Crippen LogP contribution in [0.3, 0.4) is 0 Å². The highest BCUT2D eigenvalue weighted by Crippen LogP contribution is 2.32. The molecule has 1 saturated heterocycles. The summed E-state index contributed by atoms with van der Waals surface area (Å²) < 4.78 is 0. The van der Waals surface area contributed by atoms with Crippen molar-refractivity contribution in [2.24, 2.45) is 56.4 Å². The standard InChI is InChI=1S/C43H70N12O8/c1-5-26(4)34(38(59)52-32(41(62)63)23-25(2)3)53-37(58)33(24-27-14-16-29(56)17-15-27)54-21-8-6-7-11-28-18-22-55(35(28)40(54)61)39(60)31(13-10-20-50-43(47)48)51-36(57)30(44)12-9-19-49-42(45)46/h6-7,14-17,25-26,28,30-35,56H,5,8-13,18-24,44H2,1-4H3,(H,51,57)(H,52,59)(H,53,58)(H,62,63)(H4,45,46,49)(H4,47,48,50)/b7-6-/t26-,28-,30-,31-,32-,33-,34-,35-/m0/s1. The second-order valence-electron chi connectivity index (χ2n) is 16.9. The summed E-state index contributed by atoms with van der Waals surface area (Å²) in [6.45, 7) is 8.01. The fourth-order valence-corrected chi connectivity index (χ4v) is 7.87. The first kappa shape index (κ1) is 51.4. The number of aliphatic imine (C=N–C) groups is 2. The lowest BCUT2D eigenvalue weighted by molar-refractivity contribution is -0.150. The van der Waals surface area contributed by atoms with Gasteiger partial charge in [-0.25, -0.2) is 4.79 Å². The second kappa shape index (κ2) is 25.3. The summed E-state index contributed by atoms with van der Waals surface area (Å²) in [7, 11) is 0. The van der Waals surface area contributed by atoms with E-state index in [9.17, 15) is 34.2 Å². The van der Waals surface area contributed by atoms with Crippen molar-refractivity contribution in [3.63, 3.8) is 0 Å². The van der Waals surface area contributed by atoms with Gasteiger partial charge in [-0.05, 0) is 86.8 Å². The molecule has 63 heavy (non-hydrogen) atoms. The predicted molar refractivity (Wildman–Crippen MR) is 239 cm³/mol. The zero-order valence-electron chi connectivity index (χ0n) is 37.1. The number of likely N-dealkylation sites (tertiary alicyclic amines) is 1. The summed E-state index contributed by atoms with van der Waals surface area (Å²) in [5, 5.41) is 28.2. The van der Waals surface area contributed by atoms with E-state index in [0.29, 0.717) is 44.1 Å². The molecule has 8 atom stereocenters. The minimum absolute atomic E-state index is 0.00129. The number of nitrogens with two attached hydrogens (primary N) is 5. The van der Waals surface area contributed by atoms with Crippen LogP contribution in [0.25, 0.3) is 0 Å². The van der Waals surface area contributed by atoms with Gasteiger partial charge in [0.15, 0.2) is 11.9 Å². The Morgan fingerprint density at radius 2 is 1.46 bits per heavy atom. The number of carbonyl (C=O) groups excluding carboxylic acids is 5. The normalized spacial score (nSPS) is 19.7. The van der Waals surface area contributed by atoms with Gasteiger partial charge in [-0.2, -0.15) is 0 Å². The molecule has 2 heterocycles. The summed E-state index contributed by atoms with van der Waals surface area (Å²) in [6.07, 6.45) is 6.91. The highest BCUT2D eigenvalue weighted by molar-refractivity contribution is 5.97. The van der Waals surface area contributed by atoms with Crippen LogP contribution in [0, 0.1) is 17.8 Å². The molecule has 2 aliphatic rings. The smallest absolute Gasteiger partial charge is 0.326 e. The van der Waals surface area contributed by atoms with E-state index in [1.807, 2.05) is 32.9 Å². The van der Waals surface area contributed by atoms with Crippen LogP contribution >= 0.6 is 0 Å². The SMILES string of the molecule is CC[C@H](C)[C@H](NC(=O)[C@H](Cc1ccc(O)cc1)N1CC/C=C\C[C@H]2CCN(C(=O)[C@H](CCCN=C(N)N)NC(=O)[C@@H](N)CCCN=C(N)N)[C@@H]2C1=O)C(=O)N[C@@H](CC(C)C)C(=O)O. The molecule has 5 amide bonds. The van der Waals surface area contributed by atoms with Crippen LogP contribution in [0.5, 0.6) is 5.75 Å². The number of phenolic OH excluding ortho intramolecular Hbond substituents is 1. The minimum Gasteiger partial charge on any atom is -0.508 e. The van der Waals surface area contributed by atoms with E-state index < -0.39 is 77.7 Å². The van der Waals surface area contributed by atoms with E-state index in [1.54, 1.807) is 19.1 Å². The fraction of sp³-hybridized carbons (Fsp3) is 0.628. The molecule has 20 heteroatoms. The largest absolute Gasteiger partial charge is 0.508 e. The van der Waals surface area contributed by atoms with E-state index in [-0.39, 0.29) is 81.4 Å². The lowest BCUT2D eigenvalue weighted by atomic mass is 9.93. The lowest BCUT2D eigenvalue weighted by Crippen LogP contribution is -2.62. The number of rotatable bonds is 23. The number of nitrogens with zero attached hydrogens (tertiary/aromatic N) is 4. The lowest BCUT2D eigenvalue weighted by Gasteiger charge is -2.38. The molecule has 20 nitrogen and oxygen atoms in total. The first-order chi connectivity index (χ1) is 29.8. The van der Waals surface area contributed by atoms with E-state index >= 15 is 4.79 Å². The van der Waals surface area contributed by atoms with Crippen molar-refractivity contribution in [1.29, 1.82) is 0 Å². The van der Waals surface area contributed by atoms with Crippen LogP contribution in [-0.4, -0.2) is 130 Å².